The molecule has 0 saturated heterocycles. The normalized spacial score (nSPS) is 13.1. The van der Waals surface area contributed by atoms with Crippen molar-refractivity contribution in [3.05, 3.63) is 23.7 Å². The summed E-state index contributed by atoms with van der Waals surface area (Å²) in [4.78, 5) is 2.23. The Morgan fingerprint density at radius 1 is 1.42 bits per heavy atom. The first-order chi connectivity index (χ1) is 9.15. The summed E-state index contributed by atoms with van der Waals surface area (Å²) in [5, 5.41) is 9.96. The van der Waals surface area contributed by atoms with Crippen molar-refractivity contribution in [2.75, 3.05) is 26.8 Å². The van der Waals surface area contributed by atoms with Crippen molar-refractivity contribution in [2.24, 2.45) is 0 Å². The van der Waals surface area contributed by atoms with E-state index < -0.39 is 0 Å². The van der Waals surface area contributed by atoms with Gasteiger partial charge in [-0.2, -0.15) is 0 Å². The second kappa shape index (κ2) is 9.13. The maximum Gasteiger partial charge on any atom is 0.118 e. The van der Waals surface area contributed by atoms with Gasteiger partial charge in [-0.3, -0.25) is 4.90 Å². The Hall–Kier alpha value is -0.840. The minimum atomic E-state index is -0.261. The predicted molar refractivity (Wildman–Crippen MR) is 76.1 cm³/mol. The maximum absolute atomic E-state index is 9.96. The van der Waals surface area contributed by atoms with Gasteiger partial charge in [0.05, 0.1) is 12.6 Å². The van der Waals surface area contributed by atoms with Gasteiger partial charge in [0.1, 0.15) is 11.5 Å². The lowest BCUT2D eigenvalue weighted by Gasteiger charge is -2.24. The van der Waals surface area contributed by atoms with Gasteiger partial charge in [-0.25, -0.2) is 0 Å². The summed E-state index contributed by atoms with van der Waals surface area (Å²) in [6.45, 7) is 7.14. The molecule has 0 aliphatic heterocycles. The third-order valence-corrected chi connectivity index (χ3v) is 3.09. The Morgan fingerprint density at radius 2 is 2.21 bits per heavy atom. The SMILES string of the molecule is CCCC(O)CN(CCCOC)Cc1ccc(C)o1. The van der Waals surface area contributed by atoms with E-state index >= 15 is 0 Å². The number of hydrogen-bond donors (Lipinski definition) is 1. The third-order valence-electron chi connectivity index (χ3n) is 3.09. The first-order valence-electron chi connectivity index (χ1n) is 7.10. The van der Waals surface area contributed by atoms with Crippen molar-refractivity contribution < 1.29 is 14.3 Å². The molecule has 0 radical (unpaired) electrons. The van der Waals surface area contributed by atoms with E-state index in [0.29, 0.717) is 6.54 Å². The van der Waals surface area contributed by atoms with Gasteiger partial charge < -0.3 is 14.3 Å². The van der Waals surface area contributed by atoms with Crippen molar-refractivity contribution in [1.82, 2.24) is 4.90 Å². The lowest BCUT2D eigenvalue weighted by atomic mass is 10.2. The van der Waals surface area contributed by atoms with Crippen LogP contribution >= 0.6 is 0 Å². The number of methoxy groups -OCH3 is 1. The summed E-state index contributed by atoms with van der Waals surface area (Å²) in [5.41, 5.74) is 0. The second-order valence-corrected chi connectivity index (χ2v) is 5.04. The van der Waals surface area contributed by atoms with Crippen molar-refractivity contribution in [1.29, 1.82) is 0 Å². The summed E-state index contributed by atoms with van der Waals surface area (Å²) in [7, 11) is 1.71. The van der Waals surface area contributed by atoms with Gasteiger partial charge in [-0.1, -0.05) is 13.3 Å². The lowest BCUT2D eigenvalue weighted by Crippen LogP contribution is -2.33. The molecule has 110 valence electrons. The molecule has 1 aromatic rings. The summed E-state index contributed by atoms with van der Waals surface area (Å²) < 4.78 is 10.7. The van der Waals surface area contributed by atoms with Gasteiger partial charge in [0, 0.05) is 26.8 Å². The lowest BCUT2D eigenvalue weighted by molar-refractivity contribution is 0.0892. The monoisotopic (exact) mass is 269 g/mol. The van der Waals surface area contributed by atoms with Crippen LogP contribution in [-0.2, 0) is 11.3 Å². The first kappa shape index (κ1) is 16.2. The molecule has 1 N–H and O–H groups in total. The Balaban J connectivity index is 2.47. The largest absolute Gasteiger partial charge is 0.465 e. The number of ether oxygens (including phenoxy) is 1. The molecular formula is C15H27NO3. The van der Waals surface area contributed by atoms with Crippen molar-refractivity contribution in [2.45, 2.75) is 45.8 Å². The first-order valence-corrected chi connectivity index (χ1v) is 7.10. The fourth-order valence-corrected chi connectivity index (χ4v) is 2.18. The smallest absolute Gasteiger partial charge is 0.118 e. The Morgan fingerprint density at radius 3 is 2.79 bits per heavy atom. The van der Waals surface area contributed by atoms with Gasteiger partial charge in [0.2, 0.25) is 0 Å². The number of rotatable bonds is 10. The van der Waals surface area contributed by atoms with Crippen molar-refractivity contribution >= 4 is 0 Å². The Bertz CT molecular complexity index is 338. The van der Waals surface area contributed by atoms with Gasteiger partial charge in [0.25, 0.3) is 0 Å². The van der Waals surface area contributed by atoms with Crippen LogP contribution in [0, 0.1) is 6.92 Å². The fourth-order valence-electron chi connectivity index (χ4n) is 2.18. The van der Waals surface area contributed by atoms with E-state index in [4.69, 9.17) is 9.15 Å². The van der Waals surface area contributed by atoms with E-state index in [1.54, 1.807) is 7.11 Å². The second-order valence-electron chi connectivity index (χ2n) is 5.04. The molecule has 0 spiro atoms. The zero-order valence-corrected chi connectivity index (χ0v) is 12.4. The molecule has 0 amide bonds. The van der Waals surface area contributed by atoms with Crippen LogP contribution in [-0.4, -0.2) is 42.9 Å². The van der Waals surface area contributed by atoms with Gasteiger partial charge >= 0.3 is 0 Å². The Labute approximate surface area is 116 Å². The summed E-state index contributed by atoms with van der Waals surface area (Å²) >= 11 is 0. The zero-order chi connectivity index (χ0) is 14.1. The molecule has 1 atom stereocenters. The van der Waals surface area contributed by atoms with E-state index in [-0.39, 0.29) is 6.10 Å². The molecule has 4 nitrogen and oxygen atoms in total. The quantitative estimate of drug-likeness (QED) is 0.663. The number of nitrogens with zero attached hydrogens (tertiary/aromatic N) is 1. The molecule has 0 bridgehead atoms. The molecule has 0 aliphatic rings. The molecule has 1 heterocycles. The molecular weight excluding hydrogens is 242 g/mol. The minimum absolute atomic E-state index is 0.261. The average molecular weight is 269 g/mol. The van der Waals surface area contributed by atoms with Crippen LogP contribution in [0.25, 0.3) is 0 Å². The van der Waals surface area contributed by atoms with E-state index in [1.807, 2.05) is 19.1 Å². The molecule has 4 heteroatoms. The topological polar surface area (TPSA) is 45.8 Å². The standard InChI is InChI=1S/C15H27NO3/c1-4-6-14(17)11-16(9-5-10-18-3)12-15-8-7-13(2)19-15/h7-8,14,17H,4-6,9-12H2,1-3H3. The highest BCUT2D eigenvalue weighted by Crippen LogP contribution is 2.11. The number of hydrogen-bond acceptors (Lipinski definition) is 4. The summed E-state index contributed by atoms with van der Waals surface area (Å²) in [5.74, 6) is 1.89. The fraction of sp³-hybridized carbons (Fsp3) is 0.733. The number of furan rings is 1. The molecule has 0 saturated carbocycles. The predicted octanol–water partition coefficient (Wildman–Crippen LogP) is 2.59. The van der Waals surface area contributed by atoms with Crippen LogP contribution in [0.2, 0.25) is 0 Å². The van der Waals surface area contributed by atoms with E-state index in [1.165, 1.54) is 0 Å². The van der Waals surface area contributed by atoms with Crippen LogP contribution in [0.3, 0.4) is 0 Å². The molecule has 1 aromatic heterocycles. The highest BCUT2D eigenvalue weighted by atomic mass is 16.5. The zero-order valence-electron chi connectivity index (χ0n) is 12.4. The van der Waals surface area contributed by atoms with Gasteiger partial charge in [-0.05, 0) is 31.9 Å². The van der Waals surface area contributed by atoms with E-state index in [2.05, 4.69) is 11.8 Å². The molecule has 1 rings (SSSR count). The molecule has 0 fully saturated rings. The van der Waals surface area contributed by atoms with Crippen LogP contribution in [0.5, 0.6) is 0 Å². The number of aliphatic hydroxyl groups excluding tert-OH is 1. The highest BCUT2D eigenvalue weighted by Gasteiger charge is 2.13. The van der Waals surface area contributed by atoms with Crippen LogP contribution in [0.4, 0.5) is 0 Å². The molecule has 0 aromatic carbocycles. The molecule has 19 heavy (non-hydrogen) atoms. The molecule has 0 aliphatic carbocycles. The molecule has 1 unspecified atom stereocenters. The van der Waals surface area contributed by atoms with Crippen LogP contribution in [0.15, 0.2) is 16.5 Å². The Kier molecular flexibility index (Phi) is 7.79. The van der Waals surface area contributed by atoms with E-state index in [9.17, 15) is 5.11 Å². The van der Waals surface area contributed by atoms with Crippen molar-refractivity contribution in [3.63, 3.8) is 0 Å². The van der Waals surface area contributed by atoms with Gasteiger partial charge in [-0.15, -0.1) is 0 Å². The summed E-state index contributed by atoms with van der Waals surface area (Å²) in [6.07, 6.45) is 2.56. The van der Waals surface area contributed by atoms with E-state index in [0.717, 1.165) is 50.5 Å². The highest BCUT2D eigenvalue weighted by molar-refractivity contribution is 5.05. The number of aryl methyl sites for hydroxylation is 1. The van der Waals surface area contributed by atoms with Crippen LogP contribution < -0.4 is 0 Å². The van der Waals surface area contributed by atoms with Crippen LogP contribution in [0.1, 0.15) is 37.7 Å². The minimum Gasteiger partial charge on any atom is -0.465 e. The van der Waals surface area contributed by atoms with Gasteiger partial charge in [0.15, 0.2) is 0 Å². The van der Waals surface area contributed by atoms with Crippen molar-refractivity contribution in [3.8, 4) is 0 Å². The maximum atomic E-state index is 9.96. The third kappa shape index (κ3) is 6.76. The summed E-state index contributed by atoms with van der Waals surface area (Å²) in [6, 6.07) is 3.98. The number of aliphatic hydroxyl groups is 1. The average Bonchev–Trinajstić information content (AvgIpc) is 2.75.